The molecule has 1 aromatic carbocycles. The molecule has 0 radical (unpaired) electrons. The molecule has 1 heterocycles. The maximum absolute atomic E-state index is 13.7. The number of rotatable bonds is 2. The van der Waals surface area contributed by atoms with Gasteiger partial charge in [0.1, 0.15) is 16.5 Å². The lowest BCUT2D eigenvalue weighted by atomic mass is 9.90. The lowest BCUT2D eigenvalue weighted by Gasteiger charge is -2.23. The van der Waals surface area contributed by atoms with Gasteiger partial charge in [0.2, 0.25) is 0 Å². The molecule has 1 N–H and O–H groups in total. The summed E-state index contributed by atoms with van der Waals surface area (Å²) in [5, 5.41) is 3.17. The Morgan fingerprint density at radius 3 is 2.11 bits per heavy atom. The highest BCUT2D eigenvalue weighted by molar-refractivity contribution is 7.90. The summed E-state index contributed by atoms with van der Waals surface area (Å²) in [5.74, 6) is -1.90. The van der Waals surface area contributed by atoms with Crippen LogP contribution in [-0.4, -0.2) is 27.8 Å². The van der Waals surface area contributed by atoms with Gasteiger partial charge in [0.15, 0.2) is 9.84 Å². The first-order chi connectivity index (χ1) is 8.39. The van der Waals surface area contributed by atoms with Crippen LogP contribution in [0, 0.1) is 11.6 Å². The van der Waals surface area contributed by atoms with E-state index >= 15 is 0 Å². The third kappa shape index (κ3) is 2.70. The van der Waals surface area contributed by atoms with E-state index < -0.39 is 26.4 Å². The molecule has 1 fully saturated rings. The molecule has 1 aliphatic rings. The van der Waals surface area contributed by atoms with E-state index in [0.29, 0.717) is 5.56 Å². The topological polar surface area (TPSA) is 46.2 Å². The lowest BCUT2D eigenvalue weighted by Crippen LogP contribution is -2.26. The van der Waals surface area contributed by atoms with Crippen molar-refractivity contribution < 1.29 is 17.2 Å². The van der Waals surface area contributed by atoms with Crippen LogP contribution >= 0.6 is 0 Å². The van der Waals surface area contributed by atoms with Gasteiger partial charge in [0, 0.05) is 6.26 Å². The van der Waals surface area contributed by atoms with Crippen molar-refractivity contribution in [1.29, 1.82) is 0 Å². The fourth-order valence-electron chi connectivity index (χ4n) is 2.32. The minimum Gasteiger partial charge on any atom is -0.317 e. The largest absolute Gasteiger partial charge is 0.317 e. The molecule has 2 rings (SSSR count). The Balaban J connectivity index is 2.42. The van der Waals surface area contributed by atoms with Gasteiger partial charge in [-0.05, 0) is 49.5 Å². The monoisotopic (exact) mass is 275 g/mol. The SMILES string of the molecule is CS(=O)(=O)c1c(F)cc(C2CCNCC2)cc1F. The minimum absolute atomic E-state index is 0.0869. The molecule has 1 aliphatic heterocycles. The van der Waals surface area contributed by atoms with Crippen molar-refractivity contribution in [1.82, 2.24) is 5.32 Å². The van der Waals surface area contributed by atoms with Crippen molar-refractivity contribution in [3.63, 3.8) is 0 Å². The third-order valence-corrected chi connectivity index (χ3v) is 4.33. The second-order valence-corrected chi connectivity index (χ2v) is 6.56. The molecule has 0 atom stereocenters. The Kier molecular flexibility index (Phi) is 3.68. The van der Waals surface area contributed by atoms with Crippen molar-refractivity contribution in [2.45, 2.75) is 23.7 Å². The molecule has 0 aliphatic carbocycles. The van der Waals surface area contributed by atoms with E-state index in [9.17, 15) is 17.2 Å². The van der Waals surface area contributed by atoms with Crippen LogP contribution in [0.5, 0.6) is 0 Å². The predicted molar refractivity (Wildman–Crippen MR) is 64.3 cm³/mol. The van der Waals surface area contributed by atoms with Gasteiger partial charge in [-0.3, -0.25) is 0 Å². The Morgan fingerprint density at radius 1 is 1.17 bits per heavy atom. The Labute approximate surface area is 105 Å². The summed E-state index contributed by atoms with van der Waals surface area (Å²) in [6.07, 6.45) is 2.41. The summed E-state index contributed by atoms with van der Waals surface area (Å²) < 4.78 is 50.0. The van der Waals surface area contributed by atoms with Crippen molar-refractivity contribution in [3.05, 3.63) is 29.3 Å². The van der Waals surface area contributed by atoms with Crippen molar-refractivity contribution >= 4 is 9.84 Å². The molecule has 0 amide bonds. The number of hydrogen-bond acceptors (Lipinski definition) is 3. The van der Waals surface area contributed by atoms with Crippen molar-refractivity contribution in [3.8, 4) is 0 Å². The van der Waals surface area contributed by atoms with Gasteiger partial charge in [-0.2, -0.15) is 0 Å². The van der Waals surface area contributed by atoms with Crippen molar-refractivity contribution in [2.75, 3.05) is 19.3 Å². The average Bonchev–Trinajstić information content (AvgIpc) is 2.27. The van der Waals surface area contributed by atoms with E-state index in [-0.39, 0.29) is 5.92 Å². The standard InChI is InChI=1S/C12H15F2NO2S/c1-18(16,17)12-10(13)6-9(7-11(12)14)8-2-4-15-5-3-8/h6-8,15H,2-5H2,1H3. The quantitative estimate of drug-likeness (QED) is 0.895. The summed E-state index contributed by atoms with van der Waals surface area (Å²) in [6, 6.07) is 2.30. The first kappa shape index (κ1) is 13.4. The van der Waals surface area contributed by atoms with E-state index in [0.717, 1.165) is 44.3 Å². The van der Waals surface area contributed by atoms with E-state index in [1.54, 1.807) is 0 Å². The van der Waals surface area contributed by atoms with Crippen LogP contribution in [0.2, 0.25) is 0 Å². The molecule has 18 heavy (non-hydrogen) atoms. The van der Waals surface area contributed by atoms with Crippen LogP contribution in [0.15, 0.2) is 17.0 Å². The number of halogens is 2. The molecule has 0 saturated carbocycles. The third-order valence-electron chi connectivity index (χ3n) is 3.20. The Bertz CT molecular complexity index is 528. The number of benzene rings is 1. The van der Waals surface area contributed by atoms with Crippen LogP contribution in [-0.2, 0) is 9.84 Å². The maximum Gasteiger partial charge on any atom is 0.181 e. The maximum atomic E-state index is 13.7. The van der Waals surface area contributed by atoms with Crippen LogP contribution in [0.1, 0.15) is 24.3 Å². The van der Waals surface area contributed by atoms with Gasteiger partial charge in [-0.1, -0.05) is 0 Å². The fourth-order valence-corrected chi connectivity index (χ4v) is 3.15. The molecule has 0 aromatic heterocycles. The molecular weight excluding hydrogens is 260 g/mol. The molecule has 1 saturated heterocycles. The zero-order chi connectivity index (χ0) is 13.3. The zero-order valence-electron chi connectivity index (χ0n) is 10.0. The number of hydrogen-bond donors (Lipinski definition) is 1. The number of piperidine rings is 1. The fraction of sp³-hybridized carbons (Fsp3) is 0.500. The zero-order valence-corrected chi connectivity index (χ0v) is 10.9. The molecule has 0 spiro atoms. The molecule has 0 bridgehead atoms. The highest BCUT2D eigenvalue weighted by atomic mass is 32.2. The number of sulfone groups is 1. The number of nitrogens with one attached hydrogen (secondary N) is 1. The van der Waals surface area contributed by atoms with Gasteiger partial charge in [0.25, 0.3) is 0 Å². The molecule has 100 valence electrons. The van der Waals surface area contributed by atoms with Crippen LogP contribution in [0.25, 0.3) is 0 Å². The van der Waals surface area contributed by atoms with Crippen LogP contribution in [0.3, 0.4) is 0 Å². The minimum atomic E-state index is -3.87. The van der Waals surface area contributed by atoms with Gasteiger partial charge in [0.05, 0.1) is 0 Å². The lowest BCUT2D eigenvalue weighted by molar-refractivity contribution is 0.451. The molecular formula is C12H15F2NO2S. The first-order valence-corrected chi connectivity index (χ1v) is 7.68. The summed E-state index contributed by atoms with van der Waals surface area (Å²) in [5.41, 5.74) is 0.541. The van der Waals surface area contributed by atoms with Crippen LogP contribution in [0.4, 0.5) is 8.78 Å². The highest BCUT2D eigenvalue weighted by Gasteiger charge is 2.23. The summed E-state index contributed by atoms with van der Waals surface area (Å²) in [4.78, 5) is -0.833. The van der Waals surface area contributed by atoms with Crippen molar-refractivity contribution in [2.24, 2.45) is 0 Å². The average molecular weight is 275 g/mol. The first-order valence-electron chi connectivity index (χ1n) is 5.79. The summed E-state index contributed by atoms with van der Waals surface area (Å²) >= 11 is 0. The molecule has 0 unspecified atom stereocenters. The van der Waals surface area contributed by atoms with Gasteiger partial charge < -0.3 is 5.32 Å². The molecule has 6 heteroatoms. The van der Waals surface area contributed by atoms with E-state index in [1.165, 1.54) is 0 Å². The predicted octanol–water partition coefficient (Wildman–Crippen LogP) is 1.84. The van der Waals surface area contributed by atoms with Gasteiger partial charge in [-0.25, -0.2) is 17.2 Å². The molecule has 3 nitrogen and oxygen atoms in total. The van der Waals surface area contributed by atoms with Gasteiger partial charge >= 0.3 is 0 Å². The Morgan fingerprint density at radius 2 is 1.67 bits per heavy atom. The Hall–Kier alpha value is -1.01. The van der Waals surface area contributed by atoms with Crippen LogP contribution < -0.4 is 5.32 Å². The smallest absolute Gasteiger partial charge is 0.181 e. The molecule has 1 aromatic rings. The summed E-state index contributed by atoms with van der Waals surface area (Å²) in [7, 11) is -3.87. The highest BCUT2D eigenvalue weighted by Crippen LogP contribution is 2.29. The second-order valence-electron chi connectivity index (χ2n) is 4.61. The van der Waals surface area contributed by atoms with Gasteiger partial charge in [-0.15, -0.1) is 0 Å². The normalized spacial score (nSPS) is 17.9. The summed E-state index contributed by atoms with van der Waals surface area (Å²) in [6.45, 7) is 1.61. The van der Waals surface area contributed by atoms with E-state index in [4.69, 9.17) is 0 Å². The van der Waals surface area contributed by atoms with E-state index in [2.05, 4.69) is 5.32 Å². The van der Waals surface area contributed by atoms with E-state index in [1.807, 2.05) is 0 Å². The second kappa shape index (κ2) is 4.93.